The van der Waals surface area contributed by atoms with Crippen molar-refractivity contribution in [2.45, 2.75) is 10.7 Å². The van der Waals surface area contributed by atoms with E-state index in [1.165, 1.54) is 23.5 Å². The van der Waals surface area contributed by atoms with E-state index in [0.717, 1.165) is 0 Å². The third-order valence-electron chi connectivity index (χ3n) is 2.18. The summed E-state index contributed by atoms with van der Waals surface area (Å²) in [5.41, 5.74) is 0. The number of carbonyl (C=O) groups excluding carboxylic acids is 1. The molecule has 1 rings (SSSR count). The zero-order chi connectivity index (χ0) is 14.3. The topological polar surface area (TPSA) is 79.9 Å². The van der Waals surface area contributed by atoms with Crippen molar-refractivity contribution in [3.63, 3.8) is 0 Å². The third-order valence-corrected chi connectivity index (χ3v) is 4.43. The molecule has 0 bridgehead atoms. The summed E-state index contributed by atoms with van der Waals surface area (Å²) in [6.07, 6.45) is 3.38. The number of hydrogen-bond acceptors (Lipinski definition) is 7. The van der Waals surface area contributed by atoms with Crippen LogP contribution in [0, 0.1) is 0 Å². The third kappa shape index (κ3) is 4.85. The van der Waals surface area contributed by atoms with E-state index >= 15 is 0 Å². The Bertz CT molecular complexity index is 418. The highest BCUT2D eigenvalue weighted by molar-refractivity contribution is 8.03. The molecule has 0 aliphatic heterocycles. The molecule has 1 aromatic rings. The summed E-state index contributed by atoms with van der Waals surface area (Å²) < 4.78 is 10.3. The molecule has 7 heteroatoms. The molecule has 0 spiro atoms. The zero-order valence-corrected chi connectivity index (χ0v) is 12.1. The Kier molecular flexibility index (Phi) is 6.33. The van der Waals surface area contributed by atoms with Gasteiger partial charge in [0.05, 0.1) is 18.6 Å². The van der Waals surface area contributed by atoms with Crippen molar-refractivity contribution in [3.05, 3.63) is 36.5 Å². The first kappa shape index (κ1) is 16.0. The van der Waals surface area contributed by atoms with E-state index in [1.807, 2.05) is 6.26 Å². The summed E-state index contributed by atoms with van der Waals surface area (Å²) in [6.45, 7) is 2.75. The Morgan fingerprint density at radius 2 is 2.37 bits per heavy atom. The summed E-state index contributed by atoms with van der Waals surface area (Å²) >= 11 is 2.66. The maximum Gasteiger partial charge on any atom is 0.374 e. The smallest absolute Gasteiger partial charge is 0.374 e. The van der Waals surface area contributed by atoms with Crippen LogP contribution in [0.4, 0.5) is 0 Å². The molecule has 19 heavy (non-hydrogen) atoms. The molecule has 1 aromatic heterocycles. The van der Waals surface area contributed by atoms with Gasteiger partial charge >= 0.3 is 5.97 Å². The van der Waals surface area contributed by atoms with Crippen molar-refractivity contribution < 1.29 is 24.2 Å². The van der Waals surface area contributed by atoms with E-state index in [1.54, 1.807) is 18.4 Å². The molecule has 0 saturated heterocycles. The van der Waals surface area contributed by atoms with Gasteiger partial charge in [-0.25, -0.2) is 4.79 Å². The summed E-state index contributed by atoms with van der Waals surface area (Å²) in [4.78, 5) is 10.3. The van der Waals surface area contributed by atoms with Crippen LogP contribution >= 0.6 is 23.5 Å². The lowest BCUT2D eigenvalue weighted by Gasteiger charge is -2.29. The molecule has 5 nitrogen and oxygen atoms in total. The summed E-state index contributed by atoms with van der Waals surface area (Å²) in [6, 6.07) is 3.55. The molecule has 0 amide bonds. The number of aliphatic hydroxyl groups is 2. The molecule has 106 valence electrons. The van der Waals surface area contributed by atoms with Gasteiger partial charge in [0, 0.05) is 5.75 Å². The Morgan fingerprint density at radius 1 is 1.63 bits per heavy atom. The minimum Gasteiger partial charge on any atom is -0.502 e. The lowest BCUT2D eigenvalue weighted by Crippen LogP contribution is -2.38. The van der Waals surface area contributed by atoms with Crippen LogP contribution in [-0.4, -0.2) is 39.7 Å². The molecule has 0 saturated carbocycles. The largest absolute Gasteiger partial charge is 0.502 e. The molecule has 1 atom stereocenters. The number of carbonyl (C=O) groups is 1. The molecule has 0 aliphatic carbocycles. The first-order chi connectivity index (χ1) is 9.03. The molecule has 1 heterocycles. The van der Waals surface area contributed by atoms with Crippen LogP contribution in [0.25, 0.3) is 0 Å². The van der Waals surface area contributed by atoms with Gasteiger partial charge in [0.25, 0.3) is 0 Å². The zero-order valence-electron chi connectivity index (χ0n) is 10.5. The monoisotopic (exact) mass is 304 g/mol. The number of aliphatic hydroxyl groups excluding tert-OH is 2. The fourth-order valence-electron chi connectivity index (χ4n) is 1.27. The maximum atomic E-state index is 11.4. The minimum atomic E-state index is -1.13. The average molecular weight is 304 g/mol. The molecular formula is C12H16O5S2. The fourth-order valence-corrected chi connectivity index (χ4v) is 3.34. The molecule has 1 unspecified atom stereocenters. The number of hydrogen-bond donors (Lipinski definition) is 2. The molecule has 0 fully saturated rings. The second kappa shape index (κ2) is 7.52. The maximum absolute atomic E-state index is 11.4. The summed E-state index contributed by atoms with van der Waals surface area (Å²) in [5.74, 6) is -0.0805. The van der Waals surface area contributed by atoms with E-state index in [2.05, 4.69) is 6.58 Å². The Hall–Kier alpha value is -1.05. The molecule has 0 radical (unpaired) electrons. The van der Waals surface area contributed by atoms with Crippen molar-refractivity contribution in [1.29, 1.82) is 0 Å². The van der Waals surface area contributed by atoms with Crippen molar-refractivity contribution in [3.8, 4) is 0 Å². The molecular weight excluding hydrogens is 288 g/mol. The van der Waals surface area contributed by atoms with Gasteiger partial charge in [-0.15, -0.1) is 11.8 Å². The van der Waals surface area contributed by atoms with Gasteiger partial charge < -0.3 is 19.4 Å². The summed E-state index contributed by atoms with van der Waals surface area (Å²) in [5, 5.41) is 18.5. The summed E-state index contributed by atoms with van der Waals surface area (Å²) in [7, 11) is 0. The van der Waals surface area contributed by atoms with E-state index in [4.69, 9.17) is 14.3 Å². The van der Waals surface area contributed by atoms with Crippen LogP contribution in [0.2, 0.25) is 0 Å². The van der Waals surface area contributed by atoms with Gasteiger partial charge in [-0.05, 0) is 25.0 Å². The SMILES string of the molecule is C=C(O)C(=O)OC(CO)(CSC)SCc1ccco1. The second-order valence-electron chi connectivity index (χ2n) is 3.71. The lowest BCUT2D eigenvalue weighted by molar-refractivity contribution is -0.150. The number of esters is 1. The normalized spacial score (nSPS) is 13.8. The van der Waals surface area contributed by atoms with E-state index in [9.17, 15) is 9.90 Å². The number of rotatable bonds is 8. The van der Waals surface area contributed by atoms with E-state index in [-0.39, 0.29) is 6.61 Å². The molecule has 0 aliphatic rings. The predicted octanol–water partition coefficient (Wildman–Crippen LogP) is 2.18. The van der Waals surface area contributed by atoms with Gasteiger partial charge in [0.2, 0.25) is 0 Å². The van der Waals surface area contributed by atoms with Crippen molar-refractivity contribution >= 4 is 29.5 Å². The van der Waals surface area contributed by atoms with Crippen LogP contribution in [-0.2, 0) is 15.3 Å². The average Bonchev–Trinajstić information content (AvgIpc) is 2.89. The fraction of sp³-hybridized carbons (Fsp3) is 0.417. The quantitative estimate of drug-likeness (QED) is 0.330. The van der Waals surface area contributed by atoms with Gasteiger partial charge in [-0.1, -0.05) is 0 Å². The molecule has 0 aromatic carbocycles. The highest BCUT2D eigenvalue weighted by Crippen LogP contribution is 2.33. The molecule has 2 N–H and O–H groups in total. The van der Waals surface area contributed by atoms with E-state index in [0.29, 0.717) is 17.3 Å². The van der Waals surface area contributed by atoms with Crippen LogP contribution in [0.5, 0.6) is 0 Å². The lowest BCUT2D eigenvalue weighted by atomic mass is 10.4. The van der Waals surface area contributed by atoms with Crippen LogP contribution < -0.4 is 0 Å². The van der Waals surface area contributed by atoms with Crippen molar-refractivity contribution in [2.24, 2.45) is 0 Å². The second-order valence-corrected chi connectivity index (χ2v) is 5.89. The van der Waals surface area contributed by atoms with Crippen LogP contribution in [0.15, 0.2) is 35.2 Å². The first-order valence-corrected chi connectivity index (χ1v) is 7.78. The number of furan rings is 1. The first-order valence-electron chi connectivity index (χ1n) is 5.40. The standard InChI is InChI=1S/C12H16O5S2/c1-9(14)11(15)17-12(7-13,8-18-2)19-6-10-4-3-5-16-10/h3-5,13-14H,1,6-8H2,2H3. The Labute approximate surface area is 120 Å². The van der Waals surface area contributed by atoms with Crippen molar-refractivity contribution in [2.75, 3.05) is 18.6 Å². The number of thioether (sulfide) groups is 2. The highest BCUT2D eigenvalue weighted by atomic mass is 32.2. The van der Waals surface area contributed by atoms with Gasteiger partial charge in [0.15, 0.2) is 10.7 Å². The number of ether oxygens (including phenoxy) is 1. The van der Waals surface area contributed by atoms with Crippen LogP contribution in [0.1, 0.15) is 5.76 Å². The predicted molar refractivity (Wildman–Crippen MR) is 76.1 cm³/mol. The van der Waals surface area contributed by atoms with Gasteiger partial charge in [0.1, 0.15) is 5.76 Å². The van der Waals surface area contributed by atoms with Crippen molar-refractivity contribution in [1.82, 2.24) is 0 Å². The van der Waals surface area contributed by atoms with Gasteiger partial charge in [-0.2, -0.15) is 11.8 Å². The Morgan fingerprint density at radius 3 is 2.84 bits per heavy atom. The highest BCUT2D eigenvalue weighted by Gasteiger charge is 2.35. The van der Waals surface area contributed by atoms with E-state index < -0.39 is 16.7 Å². The minimum absolute atomic E-state index is 0.363. The van der Waals surface area contributed by atoms with Gasteiger partial charge in [-0.3, -0.25) is 0 Å². The van der Waals surface area contributed by atoms with Crippen LogP contribution in [0.3, 0.4) is 0 Å². The Balaban J connectivity index is 2.73.